The van der Waals surface area contributed by atoms with Crippen LogP contribution in [0.4, 0.5) is 0 Å². The van der Waals surface area contributed by atoms with Crippen molar-refractivity contribution in [2.75, 3.05) is 7.11 Å². The number of rotatable bonds is 6. The van der Waals surface area contributed by atoms with Crippen LogP contribution in [-0.2, 0) is 11.2 Å². The number of nitrogens with zero attached hydrogens (tertiary/aromatic N) is 1. The molecule has 1 aromatic heterocycles. The predicted molar refractivity (Wildman–Crippen MR) is 112 cm³/mol. The maximum atomic E-state index is 12.4. The van der Waals surface area contributed by atoms with Gasteiger partial charge in [0.25, 0.3) is 0 Å². The maximum absolute atomic E-state index is 12.4. The smallest absolute Gasteiger partial charge is 0.311 e. The van der Waals surface area contributed by atoms with Gasteiger partial charge in [0.15, 0.2) is 0 Å². The molecule has 0 amide bonds. The summed E-state index contributed by atoms with van der Waals surface area (Å²) < 4.78 is 11.9. The van der Waals surface area contributed by atoms with Crippen molar-refractivity contribution in [1.29, 1.82) is 0 Å². The number of esters is 1. The summed E-state index contributed by atoms with van der Waals surface area (Å²) in [6, 6.07) is 23.2. The summed E-state index contributed by atoms with van der Waals surface area (Å²) >= 11 is 1.59. The lowest BCUT2D eigenvalue weighted by atomic mass is 10.1. The van der Waals surface area contributed by atoms with Crippen molar-refractivity contribution in [3.8, 4) is 22.1 Å². The molecule has 4 rings (SSSR count). The zero-order chi connectivity index (χ0) is 19.3. The highest BCUT2D eigenvalue weighted by atomic mass is 32.1. The highest BCUT2D eigenvalue weighted by Gasteiger charge is 2.14. The summed E-state index contributed by atoms with van der Waals surface area (Å²) in [5, 5.41) is 0.847. The fourth-order valence-electron chi connectivity index (χ4n) is 2.93. The van der Waals surface area contributed by atoms with E-state index in [0.29, 0.717) is 18.6 Å². The minimum atomic E-state index is -0.260. The maximum Gasteiger partial charge on any atom is 0.311 e. The average molecular weight is 389 g/mol. The lowest BCUT2D eigenvalue weighted by molar-refractivity contribution is -0.134. The number of benzene rings is 3. The summed E-state index contributed by atoms with van der Waals surface area (Å²) in [4.78, 5) is 17.1. The van der Waals surface area contributed by atoms with Crippen LogP contribution in [0, 0.1) is 0 Å². The molecule has 0 radical (unpaired) electrons. The molecule has 4 nitrogen and oxygen atoms in total. The minimum Gasteiger partial charge on any atom is -0.497 e. The van der Waals surface area contributed by atoms with Crippen LogP contribution in [0.1, 0.15) is 12.0 Å². The third kappa shape index (κ3) is 4.05. The van der Waals surface area contributed by atoms with Crippen LogP contribution in [0.3, 0.4) is 0 Å². The molecule has 0 N–H and O–H groups in total. The normalized spacial score (nSPS) is 10.8. The van der Waals surface area contributed by atoms with E-state index in [0.717, 1.165) is 32.1 Å². The van der Waals surface area contributed by atoms with E-state index in [9.17, 15) is 4.79 Å². The number of ether oxygens (including phenoxy) is 2. The predicted octanol–water partition coefficient (Wildman–Crippen LogP) is 5.51. The fraction of sp³-hybridized carbons (Fsp3) is 0.130. The molecule has 5 heteroatoms. The highest BCUT2D eigenvalue weighted by Crippen LogP contribution is 2.35. The van der Waals surface area contributed by atoms with Gasteiger partial charge in [-0.15, -0.1) is 11.3 Å². The van der Waals surface area contributed by atoms with Crippen LogP contribution in [0.5, 0.6) is 11.5 Å². The molecule has 28 heavy (non-hydrogen) atoms. The molecule has 0 unspecified atom stereocenters. The Morgan fingerprint density at radius 3 is 2.50 bits per heavy atom. The summed E-state index contributed by atoms with van der Waals surface area (Å²) in [5.41, 5.74) is 2.85. The van der Waals surface area contributed by atoms with E-state index in [1.807, 2.05) is 72.8 Å². The number of aryl methyl sites for hydroxylation is 1. The summed E-state index contributed by atoms with van der Waals surface area (Å²) in [5.74, 6) is 1.08. The van der Waals surface area contributed by atoms with Gasteiger partial charge < -0.3 is 9.47 Å². The number of thiazole rings is 1. The molecule has 4 aromatic rings. The van der Waals surface area contributed by atoms with E-state index < -0.39 is 0 Å². The topological polar surface area (TPSA) is 48.4 Å². The first kappa shape index (κ1) is 18.2. The van der Waals surface area contributed by atoms with Crippen LogP contribution < -0.4 is 9.47 Å². The third-order valence-electron chi connectivity index (χ3n) is 4.41. The van der Waals surface area contributed by atoms with Crippen molar-refractivity contribution in [2.24, 2.45) is 0 Å². The molecule has 0 atom stereocenters. The molecule has 3 aromatic carbocycles. The average Bonchev–Trinajstić information content (AvgIpc) is 3.17. The van der Waals surface area contributed by atoms with Crippen molar-refractivity contribution in [3.05, 3.63) is 78.4 Å². The Balaban J connectivity index is 1.47. The van der Waals surface area contributed by atoms with Gasteiger partial charge in [-0.1, -0.05) is 36.4 Å². The van der Waals surface area contributed by atoms with Gasteiger partial charge in [-0.25, -0.2) is 4.98 Å². The number of para-hydroxylation sites is 2. The van der Waals surface area contributed by atoms with Crippen LogP contribution in [-0.4, -0.2) is 18.1 Å². The number of carbonyl (C=O) groups excluding carboxylic acids is 1. The van der Waals surface area contributed by atoms with Crippen molar-refractivity contribution < 1.29 is 14.3 Å². The molecule has 140 valence electrons. The summed E-state index contributed by atoms with van der Waals surface area (Å²) in [7, 11) is 1.63. The molecule has 0 saturated heterocycles. The monoisotopic (exact) mass is 389 g/mol. The van der Waals surface area contributed by atoms with Crippen molar-refractivity contribution in [1.82, 2.24) is 4.98 Å². The first-order valence-electron chi connectivity index (χ1n) is 9.01. The SMILES string of the molecule is COc1ccc(CCC(=O)Oc2ccccc2-c2nc3ccccc3s2)cc1. The Bertz CT molecular complexity index is 1070. The second-order valence-corrected chi connectivity index (χ2v) is 7.34. The number of carbonyl (C=O) groups is 1. The highest BCUT2D eigenvalue weighted by molar-refractivity contribution is 7.21. The molecule has 0 aliphatic rings. The molecular weight excluding hydrogens is 370 g/mol. The van der Waals surface area contributed by atoms with Crippen LogP contribution in [0.2, 0.25) is 0 Å². The molecule has 1 heterocycles. The second-order valence-electron chi connectivity index (χ2n) is 6.31. The first-order chi connectivity index (χ1) is 13.7. The largest absolute Gasteiger partial charge is 0.497 e. The van der Waals surface area contributed by atoms with E-state index >= 15 is 0 Å². The van der Waals surface area contributed by atoms with Gasteiger partial charge >= 0.3 is 5.97 Å². The Hall–Kier alpha value is -3.18. The third-order valence-corrected chi connectivity index (χ3v) is 5.48. The first-order valence-corrected chi connectivity index (χ1v) is 9.83. The van der Waals surface area contributed by atoms with Gasteiger partial charge in [-0.3, -0.25) is 4.79 Å². The van der Waals surface area contributed by atoms with Crippen molar-refractivity contribution in [2.45, 2.75) is 12.8 Å². The Labute approximate surface area is 167 Å². The lowest BCUT2D eigenvalue weighted by Crippen LogP contribution is -2.09. The fourth-order valence-corrected chi connectivity index (χ4v) is 3.93. The second kappa shape index (κ2) is 8.23. The number of aromatic nitrogens is 1. The van der Waals surface area contributed by atoms with E-state index in [1.165, 1.54) is 0 Å². The van der Waals surface area contributed by atoms with Crippen LogP contribution in [0.15, 0.2) is 72.8 Å². The standard InChI is InChI=1S/C23H19NO3S/c1-26-17-13-10-16(11-14-17)12-15-22(25)27-20-8-4-2-6-18(20)23-24-19-7-3-5-9-21(19)28-23/h2-11,13-14H,12,15H2,1H3. The molecule has 0 fully saturated rings. The molecule has 0 aliphatic carbocycles. The number of hydrogen-bond donors (Lipinski definition) is 0. The van der Waals surface area contributed by atoms with E-state index in [2.05, 4.69) is 4.98 Å². The van der Waals surface area contributed by atoms with E-state index in [1.54, 1.807) is 18.4 Å². The van der Waals surface area contributed by atoms with Gasteiger partial charge in [-0.05, 0) is 48.4 Å². The summed E-state index contributed by atoms with van der Waals surface area (Å²) in [6.45, 7) is 0. The van der Waals surface area contributed by atoms with Crippen LogP contribution >= 0.6 is 11.3 Å². The molecule has 0 bridgehead atoms. The number of hydrogen-bond acceptors (Lipinski definition) is 5. The molecule has 0 spiro atoms. The molecule has 0 aliphatic heterocycles. The zero-order valence-electron chi connectivity index (χ0n) is 15.4. The van der Waals surface area contributed by atoms with E-state index in [4.69, 9.17) is 9.47 Å². The van der Waals surface area contributed by atoms with Crippen molar-refractivity contribution >= 4 is 27.5 Å². The van der Waals surface area contributed by atoms with Gasteiger partial charge in [-0.2, -0.15) is 0 Å². The number of fused-ring (bicyclic) bond motifs is 1. The number of methoxy groups -OCH3 is 1. The van der Waals surface area contributed by atoms with Gasteiger partial charge in [0.05, 0.1) is 22.9 Å². The van der Waals surface area contributed by atoms with E-state index in [-0.39, 0.29) is 5.97 Å². The summed E-state index contributed by atoms with van der Waals surface area (Å²) in [6.07, 6.45) is 0.923. The Morgan fingerprint density at radius 1 is 0.964 bits per heavy atom. The van der Waals surface area contributed by atoms with Crippen molar-refractivity contribution in [3.63, 3.8) is 0 Å². The molecular formula is C23H19NO3S. The van der Waals surface area contributed by atoms with Gasteiger partial charge in [0, 0.05) is 6.42 Å². The van der Waals surface area contributed by atoms with Gasteiger partial charge in [0.2, 0.25) is 0 Å². The minimum absolute atomic E-state index is 0.260. The zero-order valence-corrected chi connectivity index (χ0v) is 16.2. The lowest BCUT2D eigenvalue weighted by Gasteiger charge is -2.08. The Morgan fingerprint density at radius 2 is 1.71 bits per heavy atom. The molecule has 0 saturated carbocycles. The Kier molecular flexibility index (Phi) is 5.35. The van der Waals surface area contributed by atoms with Gasteiger partial charge in [0.1, 0.15) is 16.5 Å². The van der Waals surface area contributed by atoms with Crippen LogP contribution in [0.25, 0.3) is 20.8 Å². The quantitative estimate of drug-likeness (QED) is 0.322.